The van der Waals surface area contributed by atoms with Gasteiger partial charge in [-0.1, -0.05) is 13.3 Å². The summed E-state index contributed by atoms with van der Waals surface area (Å²) in [5, 5.41) is 3.39. The van der Waals surface area contributed by atoms with Crippen molar-refractivity contribution < 1.29 is 13.3 Å². The van der Waals surface area contributed by atoms with Crippen molar-refractivity contribution in [1.29, 1.82) is 0 Å². The van der Waals surface area contributed by atoms with Crippen LogP contribution in [0, 0.1) is 0 Å². The third-order valence-corrected chi connectivity index (χ3v) is 5.31. The Morgan fingerprint density at radius 2 is 1.44 bits per heavy atom. The van der Waals surface area contributed by atoms with Crippen molar-refractivity contribution in [3.63, 3.8) is 0 Å². The van der Waals surface area contributed by atoms with Crippen molar-refractivity contribution in [3.05, 3.63) is 0 Å². The van der Waals surface area contributed by atoms with Crippen LogP contribution in [-0.2, 0) is 13.3 Å². The van der Waals surface area contributed by atoms with Crippen LogP contribution in [0.25, 0.3) is 0 Å². The molecule has 1 N–H and O–H groups in total. The summed E-state index contributed by atoms with van der Waals surface area (Å²) in [5.74, 6) is 0. The van der Waals surface area contributed by atoms with Gasteiger partial charge in [0.1, 0.15) is 0 Å². The van der Waals surface area contributed by atoms with Gasteiger partial charge in [0, 0.05) is 27.4 Å². The van der Waals surface area contributed by atoms with Crippen LogP contribution in [0.5, 0.6) is 0 Å². The summed E-state index contributed by atoms with van der Waals surface area (Å²) < 4.78 is 16.0. The number of rotatable bonds is 10. The lowest BCUT2D eigenvalue weighted by atomic mass is 10.3. The molecule has 0 atom stereocenters. The average Bonchev–Trinajstić information content (AvgIpc) is 2.29. The minimum atomic E-state index is -2.33. The van der Waals surface area contributed by atoms with Crippen LogP contribution in [0.4, 0.5) is 0 Å². The first kappa shape index (κ1) is 18.7. The summed E-state index contributed by atoms with van der Waals surface area (Å²) in [7, 11) is 2.64. The van der Waals surface area contributed by atoms with Crippen LogP contribution in [-0.4, -0.2) is 43.2 Å². The molecule has 0 aromatic rings. The molecule has 0 saturated heterocycles. The fourth-order valence-corrected chi connectivity index (χ4v) is 3.14. The van der Waals surface area contributed by atoms with Gasteiger partial charge in [-0.25, -0.2) is 0 Å². The van der Waals surface area contributed by atoms with Crippen LogP contribution in [0.15, 0.2) is 0 Å². The maximum Gasteiger partial charge on any atom is 0.500 e. The van der Waals surface area contributed by atoms with Gasteiger partial charge >= 0.3 is 8.80 Å². The highest BCUT2D eigenvalue weighted by atomic mass is 35.5. The van der Waals surface area contributed by atoms with E-state index in [-0.39, 0.29) is 12.4 Å². The summed E-state index contributed by atoms with van der Waals surface area (Å²) >= 11 is 0. The molecule has 0 heterocycles. The Bertz CT molecular complexity index is 140. The minimum Gasteiger partial charge on any atom is -0.377 e. The number of halogens is 1. The Labute approximate surface area is 107 Å². The molecule has 0 amide bonds. The van der Waals surface area contributed by atoms with E-state index in [1.807, 2.05) is 0 Å². The van der Waals surface area contributed by atoms with E-state index in [1.165, 1.54) is 12.8 Å². The molecular formula is C10H26ClNO3Si. The molecule has 0 aliphatic carbocycles. The second kappa shape index (κ2) is 11.8. The number of nitrogens with one attached hydrogen (secondary N) is 1. The van der Waals surface area contributed by atoms with Crippen LogP contribution in [0.2, 0.25) is 6.04 Å². The van der Waals surface area contributed by atoms with Crippen LogP contribution >= 0.6 is 12.4 Å². The van der Waals surface area contributed by atoms with E-state index in [9.17, 15) is 0 Å². The summed E-state index contributed by atoms with van der Waals surface area (Å²) in [5.41, 5.74) is 0. The maximum absolute atomic E-state index is 5.33. The van der Waals surface area contributed by atoms with Crippen LogP contribution < -0.4 is 5.32 Å². The Kier molecular flexibility index (Phi) is 13.8. The standard InChI is InChI=1S/C10H25NO3Si.ClH/c1-5-6-8-11-9-7-10-15(12-2,13-3)14-4;/h11H,5-10H2,1-4H3;1H. The smallest absolute Gasteiger partial charge is 0.377 e. The Balaban J connectivity index is 0. The molecule has 0 spiro atoms. The SMILES string of the molecule is CCCCNCCC[Si](OC)(OC)OC.Cl. The molecule has 0 aliphatic heterocycles. The van der Waals surface area contributed by atoms with Crippen molar-refractivity contribution in [2.24, 2.45) is 0 Å². The van der Waals surface area contributed by atoms with Crippen molar-refractivity contribution in [2.45, 2.75) is 32.2 Å². The average molecular weight is 272 g/mol. The molecule has 4 nitrogen and oxygen atoms in total. The van der Waals surface area contributed by atoms with Gasteiger partial charge in [-0.2, -0.15) is 0 Å². The van der Waals surface area contributed by atoms with E-state index in [1.54, 1.807) is 21.3 Å². The quantitative estimate of drug-likeness (QED) is 0.488. The second-order valence-electron chi connectivity index (χ2n) is 3.50. The molecule has 0 bridgehead atoms. The lowest BCUT2D eigenvalue weighted by Gasteiger charge is -2.24. The van der Waals surface area contributed by atoms with Crippen LogP contribution in [0.1, 0.15) is 26.2 Å². The minimum absolute atomic E-state index is 0. The predicted octanol–water partition coefficient (Wildman–Crippen LogP) is 2.07. The zero-order chi connectivity index (χ0) is 11.6. The predicted molar refractivity (Wildman–Crippen MR) is 71.2 cm³/mol. The largest absolute Gasteiger partial charge is 0.500 e. The topological polar surface area (TPSA) is 39.7 Å². The molecule has 0 saturated carbocycles. The van der Waals surface area contributed by atoms with Gasteiger partial charge in [0.05, 0.1) is 0 Å². The lowest BCUT2D eigenvalue weighted by Crippen LogP contribution is -2.43. The van der Waals surface area contributed by atoms with Crippen molar-refractivity contribution in [3.8, 4) is 0 Å². The van der Waals surface area contributed by atoms with Gasteiger partial charge in [0.15, 0.2) is 0 Å². The van der Waals surface area contributed by atoms with Crippen LogP contribution in [0.3, 0.4) is 0 Å². The summed E-state index contributed by atoms with van der Waals surface area (Å²) in [4.78, 5) is 0. The molecule has 0 aliphatic rings. The van der Waals surface area contributed by atoms with Gasteiger partial charge in [-0.05, 0) is 25.9 Å². The highest BCUT2D eigenvalue weighted by Gasteiger charge is 2.36. The first-order chi connectivity index (χ1) is 7.24. The Morgan fingerprint density at radius 3 is 1.88 bits per heavy atom. The summed E-state index contributed by atoms with van der Waals surface area (Å²) in [6, 6.07) is 0.871. The number of hydrogen-bond acceptors (Lipinski definition) is 4. The normalized spacial score (nSPS) is 11.2. The molecule has 0 rings (SSSR count). The summed E-state index contributed by atoms with van der Waals surface area (Å²) in [6.45, 7) is 4.29. The molecule has 0 aromatic heterocycles. The van der Waals surface area contributed by atoms with Gasteiger partial charge in [0.2, 0.25) is 0 Å². The molecule has 0 aromatic carbocycles. The fourth-order valence-electron chi connectivity index (χ4n) is 1.41. The number of unbranched alkanes of at least 4 members (excludes halogenated alkanes) is 1. The van der Waals surface area contributed by atoms with E-state index in [4.69, 9.17) is 13.3 Å². The van der Waals surface area contributed by atoms with Gasteiger partial charge in [-0.3, -0.25) is 0 Å². The molecule has 6 heteroatoms. The van der Waals surface area contributed by atoms with Crippen molar-refractivity contribution in [2.75, 3.05) is 34.4 Å². The number of hydrogen-bond donors (Lipinski definition) is 1. The molecule has 0 fully saturated rings. The van der Waals surface area contributed by atoms with E-state index in [0.717, 1.165) is 25.6 Å². The molecule has 16 heavy (non-hydrogen) atoms. The van der Waals surface area contributed by atoms with E-state index in [2.05, 4.69) is 12.2 Å². The highest BCUT2D eigenvalue weighted by Crippen LogP contribution is 2.14. The third kappa shape index (κ3) is 7.59. The first-order valence-corrected chi connectivity index (χ1v) is 7.54. The fraction of sp³-hybridized carbons (Fsp3) is 1.00. The third-order valence-electron chi connectivity index (χ3n) is 2.48. The monoisotopic (exact) mass is 271 g/mol. The van der Waals surface area contributed by atoms with Gasteiger partial charge in [-0.15, -0.1) is 12.4 Å². The van der Waals surface area contributed by atoms with E-state index in [0.29, 0.717) is 0 Å². The van der Waals surface area contributed by atoms with Gasteiger partial charge < -0.3 is 18.6 Å². The lowest BCUT2D eigenvalue weighted by molar-refractivity contribution is 0.123. The first-order valence-electron chi connectivity index (χ1n) is 5.60. The van der Waals surface area contributed by atoms with E-state index >= 15 is 0 Å². The maximum atomic E-state index is 5.33. The van der Waals surface area contributed by atoms with Crippen molar-refractivity contribution >= 4 is 21.2 Å². The zero-order valence-electron chi connectivity index (χ0n) is 10.9. The zero-order valence-corrected chi connectivity index (χ0v) is 12.7. The van der Waals surface area contributed by atoms with Gasteiger partial charge in [0.25, 0.3) is 0 Å². The van der Waals surface area contributed by atoms with E-state index < -0.39 is 8.80 Å². The molecule has 100 valence electrons. The molecule has 0 radical (unpaired) electrons. The Hall–Kier alpha value is 0.347. The second-order valence-corrected chi connectivity index (χ2v) is 6.59. The Morgan fingerprint density at radius 1 is 0.938 bits per heavy atom. The molecule has 0 unspecified atom stereocenters. The highest BCUT2D eigenvalue weighted by molar-refractivity contribution is 6.60. The summed E-state index contributed by atoms with van der Waals surface area (Å²) in [6.07, 6.45) is 3.51. The van der Waals surface area contributed by atoms with Crippen molar-refractivity contribution in [1.82, 2.24) is 5.32 Å². The molecular weight excluding hydrogens is 246 g/mol.